The van der Waals surface area contributed by atoms with Gasteiger partial charge in [0.1, 0.15) is 5.75 Å². The summed E-state index contributed by atoms with van der Waals surface area (Å²) in [4.78, 5) is 12.3. The van der Waals surface area contributed by atoms with Crippen LogP contribution in [0.15, 0.2) is 48.5 Å². The first kappa shape index (κ1) is 13.5. The van der Waals surface area contributed by atoms with Crippen LogP contribution in [0.1, 0.15) is 17.9 Å². The number of rotatable bonds is 4. The normalized spacial score (nSPS) is 19.9. The zero-order valence-electron chi connectivity index (χ0n) is 11.9. The molecule has 0 heterocycles. The predicted octanol–water partition coefficient (Wildman–Crippen LogP) is 3.02. The van der Waals surface area contributed by atoms with Crippen molar-refractivity contribution in [2.75, 3.05) is 18.2 Å². The SMILES string of the molecule is COc1ccc(N)c(NC(=O)C2CC2c2ccccc2)c1. The Morgan fingerprint density at radius 2 is 2.00 bits per heavy atom. The van der Waals surface area contributed by atoms with Gasteiger partial charge < -0.3 is 15.8 Å². The third-order valence-electron chi connectivity index (χ3n) is 3.87. The number of benzene rings is 2. The maximum Gasteiger partial charge on any atom is 0.228 e. The summed E-state index contributed by atoms with van der Waals surface area (Å²) < 4.78 is 5.15. The molecular formula is C17H18N2O2. The van der Waals surface area contributed by atoms with E-state index in [9.17, 15) is 4.79 Å². The highest BCUT2D eigenvalue weighted by Crippen LogP contribution is 2.48. The van der Waals surface area contributed by atoms with Crippen LogP contribution >= 0.6 is 0 Å². The number of hydrogen-bond donors (Lipinski definition) is 2. The fourth-order valence-corrected chi connectivity index (χ4v) is 2.55. The number of amides is 1. The molecule has 21 heavy (non-hydrogen) atoms. The minimum Gasteiger partial charge on any atom is -0.497 e. The Labute approximate surface area is 123 Å². The van der Waals surface area contributed by atoms with Crippen LogP contribution in [0.2, 0.25) is 0 Å². The number of carbonyl (C=O) groups excluding carboxylic acids is 1. The lowest BCUT2D eigenvalue weighted by atomic mass is 10.1. The zero-order chi connectivity index (χ0) is 14.8. The van der Waals surface area contributed by atoms with Crippen molar-refractivity contribution in [3.05, 3.63) is 54.1 Å². The minimum atomic E-state index is 0.0174. The summed E-state index contributed by atoms with van der Waals surface area (Å²) in [6.45, 7) is 0. The number of ether oxygens (including phenoxy) is 1. The number of nitrogens with one attached hydrogen (secondary N) is 1. The third-order valence-corrected chi connectivity index (χ3v) is 3.87. The van der Waals surface area contributed by atoms with Crippen molar-refractivity contribution in [1.82, 2.24) is 0 Å². The van der Waals surface area contributed by atoms with Gasteiger partial charge in [-0.2, -0.15) is 0 Å². The lowest BCUT2D eigenvalue weighted by molar-refractivity contribution is -0.117. The molecular weight excluding hydrogens is 264 g/mol. The molecule has 4 heteroatoms. The number of nitrogen functional groups attached to an aromatic ring is 1. The lowest BCUT2D eigenvalue weighted by Crippen LogP contribution is -2.15. The number of carbonyl (C=O) groups is 1. The van der Waals surface area contributed by atoms with Gasteiger partial charge in [0.15, 0.2) is 0 Å². The average Bonchev–Trinajstić information content (AvgIpc) is 3.31. The molecule has 3 rings (SSSR count). The van der Waals surface area contributed by atoms with Crippen molar-refractivity contribution in [3.63, 3.8) is 0 Å². The quantitative estimate of drug-likeness (QED) is 0.847. The molecule has 0 radical (unpaired) electrons. The monoisotopic (exact) mass is 282 g/mol. The van der Waals surface area contributed by atoms with Gasteiger partial charge in [-0.1, -0.05) is 30.3 Å². The first-order chi connectivity index (χ1) is 10.2. The average molecular weight is 282 g/mol. The van der Waals surface area contributed by atoms with Gasteiger partial charge in [-0.3, -0.25) is 4.79 Å². The van der Waals surface area contributed by atoms with Crippen molar-refractivity contribution in [2.45, 2.75) is 12.3 Å². The standard InChI is InChI=1S/C17H18N2O2/c1-21-12-7-8-15(18)16(9-12)19-17(20)14-10-13(14)11-5-3-2-4-6-11/h2-9,13-14H,10,18H2,1H3,(H,19,20). The van der Waals surface area contributed by atoms with Gasteiger partial charge in [0.2, 0.25) is 5.91 Å². The molecule has 0 aliphatic heterocycles. The van der Waals surface area contributed by atoms with E-state index in [0.717, 1.165) is 6.42 Å². The van der Waals surface area contributed by atoms with Crippen molar-refractivity contribution in [1.29, 1.82) is 0 Å². The molecule has 0 aromatic heterocycles. The van der Waals surface area contributed by atoms with Gasteiger partial charge in [0, 0.05) is 12.0 Å². The Kier molecular flexibility index (Phi) is 3.52. The van der Waals surface area contributed by atoms with Gasteiger partial charge in [-0.05, 0) is 30.0 Å². The second-order valence-corrected chi connectivity index (χ2v) is 5.30. The van der Waals surface area contributed by atoms with E-state index in [1.54, 1.807) is 25.3 Å². The first-order valence-corrected chi connectivity index (χ1v) is 6.98. The van der Waals surface area contributed by atoms with Crippen LogP contribution in [0.5, 0.6) is 5.75 Å². The molecule has 2 aromatic rings. The van der Waals surface area contributed by atoms with Crippen LogP contribution < -0.4 is 15.8 Å². The number of anilines is 2. The van der Waals surface area contributed by atoms with Gasteiger partial charge in [0.25, 0.3) is 0 Å². The van der Waals surface area contributed by atoms with E-state index in [0.29, 0.717) is 23.0 Å². The van der Waals surface area contributed by atoms with Crippen LogP contribution in [0.4, 0.5) is 11.4 Å². The topological polar surface area (TPSA) is 64.3 Å². The largest absolute Gasteiger partial charge is 0.497 e. The second-order valence-electron chi connectivity index (χ2n) is 5.30. The molecule has 1 saturated carbocycles. The van der Waals surface area contributed by atoms with E-state index in [-0.39, 0.29) is 11.8 Å². The fraction of sp³-hybridized carbons (Fsp3) is 0.235. The smallest absolute Gasteiger partial charge is 0.228 e. The van der Waals surface area contributed by atoms with Crippen molar-refractivity contribution < 1.29 is 9.53 Å². The third kappa shape index (κ3) is 2.84. The summed E-state index contributed by atoms with van der Waals surface area (Å²) in [5.74, 6) is 1.04. The highest BCUT2D eigenvalue weighted by atomic mass is 16.5. The molecule has 4 nitrogen and oxygen atoms in total. The van der Waals surface area contributed by atoms with Gasteiger partial charge >= 0.3 is 0 Å². The van der Waals surface area contributed by atoms with E-state index in [1.807, 2.05) is 18.2 Å². The van der Waals surface area contributed by atoms with E-state index >= 15 is 0 Å². The van der Waals surface area contributed by atoms with Crippen LogP contribution in [0.25, 0.3) is 0 Å². The van der Waals surface area contributed by atoms with Crippen molar-refractivity contribution in [2.24, 2.45) is 5.92 Å². The van der Waals surface area contributed by atoms with Crippen LogP contribution in [0, 0.1) is 5.92 Å². The van der Waals surface area contributed by atoms with Crippen molar-refractivity contribution >= 4 is 17.3 Å². The summed E-state index contributed by atoms with van der Waals surface area (Å²) in [6.07, 6.45) is 0.889. The van der Waals surface area contributed by atoms with Crippen LogP contribution in [-0.4, -0.2) is 13.0 Å². The Balaban J connectivity index is 1.68. The number of hydrogen-bond acceptors (Lipinski definition) is 3. The highest BCUT2D eigenvalue weighted by molar-refractivity contribution is 5.97. The minimum absolute atomic E-state index is 0.0174. The van der Waals surface area contributed by atoms with Gasteiger partial charge in [0.05, 0.1) is 18.5 Å². The summed E-state index contributed by atoms with van der Waals surface area (Å²) in [5, 5.41) is 2.90. The summed E-state index contributed by atoms with van der Waals surface area (Å²) >= 11 is 0. The number of nitrogens with two attached hydrogens (primary N) is 1. The summed E-state index contributed by atoms with van der Waals surface area (Å²) in [7, 11) is 1.59. The predicted molar refractivity (Wildman–Crippen MR) is 83.3 cm³/mol. The zero-order valence-corrected chi connectivity index (χ0v) is 11.9. The lowest BCUT2D eigenvalue weighted by Gasteiger charge is -2.10. The molecule has 0 saturated heterocycles. The molecule has 1 amide bonds. The molecule has 2 unspecified atom stereocenters. The molecule has 0 spiro atoms. The van der Waals surface area contributed by atoms with E-state index in [2.05, 4.69) is 17.4 Å². The first-order valence-electron chi connectivity index (χ1n) is 6.98. The van der Waals surface area contributed by atoms with E-state index < -0.39 is 0 Å². The maximum absolute atomic E-state index is 12.3. The molecule has 1 aliphatic rings. The van der Waals surface area contributed by atoms with Crippen molar-refractivity contribution in [3.8, 4) is 5.75 Å². The Morgan fingerprint density at radius 3 is 2.71 bits per heavy atom. The molecule has 3 N–H and O–H groups in total. The van der Waals surface area contributed by atoms with Crippen LogP contribution in [-0.2, 0) is 4.79 Å². The van der Waals surface area contributed by atoms with Gasteiger partial charge in [-0.15, -0.1) is 0 Å². The molecule has 108 valence electrons. The Bertz CT molecular complexity index is 655. The van der Waals surface area contributed by atoms with Gasteiger partial charge in [-0.25, -0.2) is 0 Å². The fourth-order valence-electron chi connectivity index (χ4n) is 2.55. The highest BCUT2D eigenvalue weighted by Gasteiger charge is 2.43. The molecule has 0 bridgehead atoms. The van der Waals surface area contributed by atoms with Crippen LogP contribution in [0.3, 0.4) is 0 Å². The summed E-state index contributed by atoms with van der Waals surface area (Å²) in [5.41, 5.74) is 8.26. The Hall–Kier alpha value is -2.49. The molecule has 1 aliphatic carbocycles. The van der Waals surface area contributed by atoms with E-state index in [1.165, 1.54) is 5.56 Å². The molecule has 1 fully saturated rings. The maximum atomic E-state index is 12.3. The van der Waals surface area contributed by atoms with E-state index in [4.69, 9.17) is 10.5 Å². The number of methoxy groups -OCH3 is 1. The Morgan fingerprint density at radius 1 is 1.24 bits per heavy atom. The summed E-state index contributed by atoms with van der Waals surface area (Å²) in [6, 6.07) is 15.4. The molecule has 2 atom stereocenters. The molecule has 2 aromatic carbocycles. The second kappa shape index (κ2) is 5.48.